The van der Waals surface area contributed by atoms with Crippen LogP contribution >= 0.6 is 0 Å². The van der Waals surface area contributed by atoms with Crippen LogP contribution in [0.3, 0.4) is 0 Å². The van der Waals surface area contributed by atoms with Gasteiger partial charge in [-0.2, -0.15) is 4.72 Å². The standard InChI is InChI=1S/C21H26N2O6S/c1-4-23(14-17-8-6-5-7-9-17)20(24)15-29-21(25)16(2)22-30(26,27)19-12-10-18(28-3)11-13-19/h5-13,16,22H,4,14-15H2,1-3H3. The second-order valence-corrected chi connectivity index (χ2v) is 8.23. The quantitative estimate of drug-likeness (QED) is 0.574. The van der Waals surface area contributed by atoms with Gasteiger partial charge in [0.05, 0.1) is 12.0 Å². The highest BCUT2D eigenvalue weighted by Crippen LogP contribution is 2.15. The zero-order valence-corrected chi connectivity index (χ0v) is 18.0. The van der Waals surface area contributed by atoms with Gasteiger partial charge in [-0.3, -0.25) is 9.59 Å². The summed E-state index contributed by atoms with van der Waals surface area (Å²) in [7, 11) is -2.46. The summed E-state index contributed by atoms with van der Waals surface area (Å²) in [6.07, 6.45) is 0. The number of ether oxygens (including phenoxy) is 2. The summed E-state index contributed by atoms with van der Waals surface area (Å²) >= 11 is 0. The van der Waals surface area contributed by atoms with Crippen molar-refractivity contribution < 1.29 is 27.5 Å². The zero-order valence-electron chi connectivity index (χ0n) is 17.2. The van der Waals surface area contributed by atoms with Crippen LogP contribution in [0.1, 0.15) is 19.4 Å². The Bertz CT molecular complexity index is 945. The van der Waals surface area contributed by atoms with Crippen LogP contribution in [0.25, 0.3) is 0 Å². The number of hydrogen-bond donors (Lipinski definition) is 1. The Morgan fingerprint density at radius 2 is 1.70 bits per heavy atom. The Morgan fingerprint density at radius 1 is 1.07 bits per heavy atom. The summed E-state index contributed by atoms with van der Waals surface area (Å²) < 4.78 is 37.1. The Morgan fingerprint density at radius 3 is 2.27 bits per heavy atom. The first-order chi connectivity index (χ1) is 14.3. The van der Waals surface area contributed by atoms with Crippen LogP contribution in [0.15, 0.2) is 59.5 Å². The van der Waals surface area contributed by atoms with Gasteiger partial charge in [0.15, 0.2) is 6.61 Å². The fraction of sp³-hybridized carbons (Fsp3) is 0.333. The third-order valence-electron chi connectivity index (χ3n) is 4.34. The minimum Gasteiger partial charge on any atom is -0.497 e. The van der Waals surface area contributed by atoms with E-state index in [1.807, 2.05) is 37.3 Å². The van der Waals surface area contributed by atoms with E-state index in [0.717, 1.165) is 5.56 Å². The largest absolute Gasteiger partial charge is 0.497 e. The number of benzene rings is 2. The number of esters is 1. The van der Waals surface area contributed by atoms with E-state index >= 15 is 0 Å². The van der Waals surface area contributed by atoms with Gasteiger partial charge in [0.1, 0.15) is 11.8 Å². The maximum Gasteiger partial charge on any atom is 0.324 e. The molecule has 0 radical (unpaired) electrons. The first-order valence-electron chi connectivity index (χ1n) is 9.41. The Balaban J connectivity index is 1.90. The van der Waals surface area contributed by atoms with E-state index in [-0.39, 0.29) is 10.8 Å². The minimum absolute atomic E-state index is 0.0148. The van der Waals surface area contributed by atoms with E-state index in [4.69, 9.17) is 9.47 Å². The molecule has 0 aromatic heterocycles. The normalized spacial score (nSPS) is 12.1. The second kappa shape index (κ2) is 10.7. The number of carbonyl (C=O) groups excluding carboxylic acids is 2. The molecular formula is C21H26N2O6S. The number of nitrogens with zero attached hydrogens (tertiary/aromatic N) is 1. The van der Waals surface area contributed by atoms with Crippen LogP contribution in [-0.4, -0.2) is 51.5 Å². The Kier molecular flexibility index (Phi) is 8.37. The van der Waals surface area contributed by atoms with E-state index in [1.165, 1.54) is 38.3 Å². The summed E-state index contributed by atoms with van der Waals surface area (Å²) in [5.41, 5.74) is 0.958. The van der Waals surface area contributed by atoms with E-state index in [1.54, 1.807) is 4.90 Å². The molecule has 1 unspecified atom stereocenters. The molecule has 9 heteroatoms. The molecule has 0 saturated carbocycles. The van der Waals surface area contributed by atoms with Crippen molar-refractivity contribution in [2.24, 2.45) is 0 Å². The summed E-state index contributed by atoms with van der Waals surface area (Å²) in [4.78, 5) is 26.1. The van der Waals surface area contributed by atoms with Crippen LogP contribution in [0, 0.1) is 0 Å². The second-order valence-electron chi connectivity index (χ2n) is 6.52. The van der Waals surface area contributed by atoms with Gasteiger partial charge in [-0.1, -0.05) is 30.3 Å². The summed E-state index contributed by atoms with van der Waals surface area (Å²) in [5.74, 6) is -0.688. The molecule has 0 aliphatic carbocycles. The highest BCUT2D eigenvalue weighted by atomic mass is 32.2. The third kappa shape index (κ3) is 6.57. The predicted octanol–water partition coefficient (Wildman–Crippen LogP) is 1.95. The molecule has 2 aromatic rings. The number of hydrogen-bond acceptors (Lipinski definition) is 6. The lowest BCUT2D eigenvalue weighted by Gasteiger charge is -2.21. The molecule has 1 amide bonds. The van der Waals surface area contributed by atoms with Crippen molar-refractivity contribution in [2.75, 3.05) is 20.3 Å². The number of rotatable bonds is 10. The highest BCUT2D eigenvalue weighted by molar-refractivity contribution is 7.89. The minimum atomic E-state index is -3.93. The van der Waals surface area contributed by atoms with Crippen LogP contribution in [0.5, 0.6) is 5.75 Å². The van der Waals surface area contributed by atoms with Crippen LogP contribution in [0.2, 0.25) is 0 Å². The van der Waals surface area contributed by atoms with Crippen molar-refractivity contribution in [1.82, 2.24) is 9.62 Å². The van der Waals surface area contributed by atoms with Crippen molar-refractivity contribution in [3.8, 4) is 5.75 Å². The lowest BCUT2D eigenvalue weighted by atomic mass is 10.2. The van der Waals surface area contributed by atoms with Gasteiger partial charge < -0.3 is 14.4 Å². The van der Waals surface area contributed by atoms with E-state index in [0.29, 0.717) is 18.8 Å². The monoisotopic (exact) mass is 434 g/mol. The number of nitrogens with one attached hydrogen (secondary N) is 1. The zero-order chi connectivity index (χ0) is 22.1. The topological polar surface area (TPSA) is 102 Å². The first kappa shape index (κ1) is 23.4. The predicted molar refractivity (Wildman–Crippen MR) is 111 cm³/mol. The smallest absolute Gasteiger partial charge is 0.324 e. The lowest BCUT2D eigenvalue weighted by molar-refractivity contribution is -0.153. The average molecular weight is 435 g/mol. The number of likely N-dealkylation sites (N-methyl/N-ethyl adjacent to an activating group) is 1. The molecule has 0 bridgehead atoms. The van der Waals surface area contributed by atoms with Gasteiger partial charge in [0, 0.05) is 13.1 Å². The van der Waals surface area contributed by atoms with E-state index in [2.05, 4.69) is 4.72 Å². The van der Waals surface area contributed by atoms with Crippen LogP contribution in [-0.2, 0) is 30.9 Å². The van der Waals surface area contributed by atoms with Gasteiger partial charge in [-0.05, 0) is 43.7 Å². The van der Waals surface area contributed by atoms with Crippen molar-refractivity contribution in [2.45, 2.75) is 31.3 Å². The number of amides is 1. The molecule has 0 aliphatic rings. The lowest BCUT2D eigenvalue weighted by Crippen LogP contribution is -2.41. The van der Waals surface area contributed by atoms with Crippen molar-refractivity contribution in [3.63, 3.8) is 0 Å². The van der Waals surface area contributed by atoms with E-state index in [9.17, 15) is 18.0 Å². The molecule has 2 rings (SSSR count). The molecule has 30 heavy (non-hydrogen) atoms. The molecule has 0 fully saturated rings. The molecule has 8 nitrogen and oxygen atoms in total. The van der Waals surface area contributed by atoms with Gasteiger partial charge in [0.2, 0.25) is 10.0 Å². The van der Waals surface area contributed by atoms with Crippen molar-refractivity contribution >= 4 is 21.9 Å². The molecule has 162 valence electrons. The maximum absolute atomic E-state index is 12.4. The molecule has 0 heterocycles. The summed E-state index contributed by atoms with van der Waals surface area (Å²) in [6, 6.07) is 14.0. The molecule has 1 atom stereocenters. The highest BCUT2D eigenvalue weighted by Gasteiger charge is 2.24. The number of methoxy groups -OCH3 is 1. The molecule has 0 spiro atoms. The van der Waals surface area contributed by atoms with Crippen LogP contribution in [0.4, 0.5) is 0 Å². The van der Waals surface area contributed by atoms with Gasteiger partial charge in [0.25, 0.3) is 5.91 Å². The van der Waals surface area contributed by atoms with Crippen LogP contribution < -0.4 is 9.46 Å². The summed E-state index contributed by atoms with van der Waals surface area (Å²) in [6.45, 7) is 3.57. The van der Waals surface area contributed by atoms with Crippen molar-refractivity contribution in [1.29, 1.82) is 0 Å². The Labute approximate surface area is 176 Å². The number of sulfonamides is 1. The van der Waals surface area contributed by atoms with Gasteiger partial charge >= 0.3 is 5.97 Å². The van der Waals surface area contributed by atoms with Crippen molar-refractivity contribution in [3.05, 3.63) is 60.2 Å². The molecular weight excluding hydrogens is 408 g/mol. The fourth-order valence-electron chi connectivity index (χ4n) is 2.63. The fourth-order valence-corrected chi connectivity index (χ4v) is 3.83. The molecule has 0 saturated heterocycles. The van der Waals surface area contributed by atoms with Gasteiger partial charge in [-0.15, -0.1) is 0 Å². The SMILES string of the molecule is CCN(Cc1ccccc1)C(=O)COC(=O)C(C)NS(=O)(=O)c1ccc(OC)cc1. The molecule has 1 N–H and O–H groups in total. The van der Waals surface area contributed by atoms with Gasteiger partial charge in [-0.25, -0.2) is 8.42 Å². The van der Waals surface area contributed by atoms with E-state index < -0.39 is 28.6 Å². The third-order valence-corrected chi connectivity index (χ3v) is 5.90. The Hall–Kier alpha value is -2.91. The maximum atomic E-state index is 12.4. The summed E-state index contributed by atoms with van der Waals surface area (Å²) in [5, 5.41) is 0. The number of carbonyl (C=O) groups is 2. The molecule has 0 aliphatic heterocycles. The average Bonchev–Trinajstić information content (AvgIpc) is 2.75. The molecule has 2 aromatic carbocycles. The first-order valence-corrected chi connectivity index (χ1v) is 10.9.